The molecule has 122 valence electrons. The van der Waals surface area contributed by atoms with Crippen LogP contribution in [0, 0.1) is 0 Å². The minimum absolute atomic E-state index is 0.238. The molecule has 0 aliphatic carbocycles. The van der Waals surface area contributed by atoms with Gasteiger partial charge in [-0.1, -0.05) is 11.6 Å². The fraction of sp³-hybridized carbons (Fsp3) is 0.385. The molecule has 1 amide bonds. The topological polar surface area (TPSA) is 72.7 Å². The number of nitrogens with one attached hydrogen (secondary N) is 1. The van der Waals surface area contributed by atoms with Crippen molar-refractivity contribution in [2.75, 3.05) is 5.32 Å². The predicted molar refractivity (Wildman–Crippen MR) is 75.2 cm³/mol. The maximum Gasteiger partial charge on any atom is 0.417 e. The molecule has 2 aromatic heterocycles. The van der Waals surface area contributed by atoms with E-state index in [0.29, 0.717) is 18.8 Å². The minimum Gasteiger partial charge on any atom is -0.297 e. The zero-order valence-corrected chi connectivity index (χ0v) is 12.4. The van der Waals surface area contributed by atoms with Crippen molar-refractivity contribution in [2.45, 2.75) is 32.0 Å². The summed E-state index contributed by atoms with van der Waals surface area (Å²) in [6.45, 7) is 0.673. The van der Waals surface area contributed by atoms with Crippen LogP contribution in [0.3, 0.4) is 0 Å². The fourth-order valence-corrected chi connectivity index (χ4v) is 2.57. The summed E-state index contributed by atoms with van der Waals surface area (Å²) in [5.74, 6) is 0.269. The number of alkyl halides is 3. The number of nitrogens with zero attached hydrogens (tertiary/aromatic N) is 4. The molecule has 10 heteroatoms. The van der Waals surface area contributed by atoms with E-state index < -0.39 is 17.6 Å². The SMILES string of the molecule is O=C(Nc1nnc2n1CCCC2)c1ncc(C(F)(F)F)cc1Cl. The summed E-state index contributed by atoms with van der Waals surface area (Å²) in [6, 6.07) is 0.669. The summed E-state index contributed by atoms with van der Waals surface area (Å²) >= 11 is 5.75. The van der Waals surface area contributed by atoms with Gasteiger partial charge in [0.2, 0.25) is 5.95 Å². The van der Waals surface area contributed by atoms with Crippen molar-refractivity contribution in [1.29, 1.82) is 0 Å². The predicted octanol–water partition coefficient (Wildman–Crippen LogP) is 2.93. The number of anilines is 1. The van der Waals surface area contributed by atoms with E-state index in [1.165, 1.54) is 0 Å². The van der Waals surface area contributed by atoms with Gasteiger partial charge in [-0.05, 0) is 18.9 Å². The van der Waals surface area contributed by atoms with Gasteiger partial charge in [0.05, 0.1) is 10.6 Å². The van der Waals surface area contributed by atoms with Crippen molar-refractivity contribution in [3.8, 4) is 0 Å². The average molecular weight is 346 g/mol. The van der Waals surface area contributed by atoms with Gasteiger partial charge in [0.15, 0.2) is 0 Å². The molecule has 0 spiro atoms. The van der Waals surface area contributed by atoms with E-state index in [4.69, 9.17) is 11.6 Å². The summed E-state index contributed by atoms with van der Waals surface area (Å²) in [5, 5.41) is 9.96. The Hall–Kier alpha value is -2.16. The van der Waals surface area contributed by atoms with Crippen LogP contribution >= 0.6 is 11.6 Å². The van der Waals surface area contributed by atoms with Gasteiger partial charge in [-0.3, -0.25) is 14.7 Å². The molecular formula is C13H11ClF3N5O. The number of aromatic nitrogens is 4. The molecule has 3 rings (SSSR count). The monoisotopic (exact) mass is 345 g/mol. The molecule has 23 heavy (non-hydrogen) atoms. The molecule has 3 heterocycles. The van der Waals surface area contributed by atoms with Gasteiger partial charge in [0, 0.05) is 19.2 Å². The van der Waals surface area contributed by atoms with Crippen LogP contribution in [0.4, 0.5) is 19.1 Å². The Morgan fingerprint density at radius 2 is 2.09 bits per heavy atom. The normalized spacial score (nSPS) is 14.4. The number of fused-ring (bicyclic) bond motifs is 1. The van der Waals surface area contributed by atoms with E-state index in [2.05, 4.69) is 20.5 Å². The Morgan fingerprint density at radius 1 is 1.30 bits per heavy atom. The van der Waals surface area contributed by atoms with E-state index in [1.807, 2.05) is 0 Å². The van der Waals surface area contributed by atoms with Gasteiger partial charge in [0.1, 0.15) is 11.5 Å². The van der Waals surface area contributed by atoms with Crippen LogP contribution in [0.2, 0.25) is 5.02 Å². The highest BCUT2D eigenvalue weighted by atomic mass is 35.5. The van der Waals surface area contributed by atoms with Crippen LogP contribution in [0.25, 0.3) is 0 Å². The lowest BCUT2D eigenvalue weighted by atomic mass is 10.2. The molecule has 0 bridgehead atoms. The zero-order chi connectivity index (χ0) is 16.6. The van der Waals surface area contributed by atoms with Gasteiger partial charge in [-0.15, -0.1) is 10.2 Å². The molecule has 2 aromatic rings. The van der Waals surface area contributed by atoms with Crippen LogP contribution in [0.5, 0.6) is 0 Å². The number of hydrogen-bond donors (Lipinski definition) is 1. The second kappa shape index (κ2) is 5.80. The van der Waals surface area contributed by atoms with E-state index in [9.17, 15) is 18.0 Å². The Balaban J connectivity index is 1.83. The van der Waals surface area contributed by atoms with Gasteiger partial charge in [-0.2, -0.15) is 13.2 Å². The van der Waals surface area contributed by atoms with E-state index in [-0.39, 0.29) is 16.7 Å². The Kier molecular flexibility index (Phi) is 3.97. The second-order valence-corrected chi connectivity index (χ2v) is 5.46. The molecule has 1 aliphatic rings. The Morgan fingerprint density at radius 3 is 2.78 bits per heavy atom. The fourth-order valence-electron chi connectivity index (χ4n) is 2.32. The van der Waals surface area contributed by atoms with Crippen LogP contribution in [-0.2, 0) is 19.1 Å². The number of halogens is 4. The number of carbonyl (C=O) groups excluding carboxylic acids is 1. The number of aryl methyl sites for hydroxylation is 1. The van der Waals surface area contributed by atoms with Gasteiger partial charge >= 0.3 is 6.18 Å². The maximum atomic E-state index is 12.6. The van der Waals surface area contributed by atoms with Crippen molar-refractivity contribution in [3.05, 3.63) is 34.4 Å². The second-order valence-electron chi connectivity index (χ2n) is 5.05. The first-order chi connectivity index (χ1) is 10.9. The first kappa shape index (κ1) is 15.7. The first-order valence-corrected chi connectivity index (χ1v) is 7.20. The summed E-state index contributed by atoms with van der Waals surface area (Å²) in [5.41, 5.74) is -1.31. The van der Waals surface area contributed by atoms with Crippen molar-refractivity contribution >= 4 is 23.5 Å². The molecule has 0 atom stereocenters. The van der Waals surface area contributed by atoms with Crippen molar-refractivity contribution in [3.63, 3.8) is 0 Å². The minimum atomic E-state index is -4.57. The van der Waals surface area contributed by atoms with E-state index in [1.54, 1.807) is 4.57 Å². The number of carbonyl (C=O) groups is 1. The summed E-state index contributed by atoms with van der Waals surface area (Å²) in [6.07, 6.45) is -1.30. The molecule has 0 radical (unpaired) electrons. The number of pyridine rings is 1. The highest BCUT2D eigenvalue weighted by Crippen LogP contribution is 2.31. The molecular weight excluding hydrogens is 335 g/mol. The smallest absolute Gasteiger partial charge is 0.297 e. The summed E-state index contributed by atoms with van der Waals surface area (Å²) < 4.78 is 39.5. The molecule has 0 aromatic carbocycles. The average Bonchev–Trinajstić information content (AvgIpc) is 2.89. The molecule has 6 nitrogen and oxygen atoms in total. The number of hydrogen-bond acceptors (Lipinski definition) is 4. The van der Waals surface area contributed by atoms with Crippen molar-refractivity contribution in [1.82, 2.24) is 19.7 Å². The van der Waals surface area contributed by atoms with Crippen molar-refractivity contribution in [2.24, 2.45) is 0 Å². The zero-order valence-electron chi connectivity index (χ0n) is 11.7. The third kappa shape index (κ3) is 3.14. The quantitative estimate of drug-likeness (QED) is 0.908. The largest absolute Gasteiger partial charge is 0.417 e. The molecule has 1 N–H and O–H groups in total. The lowest BCUT2D eigenvalue weighted by molar-refractivity contribution is -0.137. The highest BCUT2D eigenvalue weighted by Gasteiger charge is 2.32. The summed E-state index contributed by atoms with van der Waals surface area (Å²) in [4.78, 5) is 15.7. The molecule has 0 fully saturated rings. The molecule has 0 unspecified atom stereocenters. The van der Waals surface area contributed by atoms with Crippen LogP contribution < -0.4 is 5.32 Å². The number of rotatable bonds is 2. The van der Waals surface area contributed by atoms with Gasteiger partial charge in [-0.25, -0.2) is 4.98 Å². The maximum absolute atomic E-state index is 12.6. The first-order valence-electron chi connectivity index (χ1n) is 6.82. The lowest BCUT2D eigenvalue weighted by Gasteiger charge is -2.15. The number of amides is 1. The van der Waals surface area contributed by atoms with Gasteiger partial charge in [0.25, 0.3) is 5.91 Å². The van der Waals surface area contributed by atoms with E-state index in [0.717, 1.165) is 25.1 Å². The molecule has 1 aliphatic heterocycles. The van der Waals surface area contributed by atoms with Crippen LogP contribution in [0.1, 0.15) is 34.7 Å². The summed E-state index contributed by atoms with van der Waals surface area (Å²) in [7, 11) is 0. The van der Waals surface area contributed by atoms with Crippen molar-refractivity contribution < 1.29 is 18.0 Å². The lowest BCUT2D eigenvalue weighted by Crippen LogP contribution is -2.20. The highest BCUT2D eigenvalue weighted by molar-refractivity contribution is 6.34. The molecule has 0 saturated heterocycles. The third-order valence-corrected chi connectivity index (χ3v) is 3.76. The Bertz CT molecular complexity index is 759. The van der Waals surface area contributed by atoms with Crippen LogP contribution in [-0.4, -0.2) is 25.7 Å². The Labute approximate surface area is 133 Å². The van der Waals surface area contributed by atoms with Crippen LogP contribution in [0.15, 0.2) is 12.3 Å². The van der Waals surface area contributed by atoms with Gasteiger partial charge < -0.3 is 0 Å². The van der Waals surface area contributed by atoms with E-state index >= 15 is 0 Å². The standard InChI is InChI=1S/C13H11ClF3N5O/c14-8-5-7(13(15,16)17)6-18-10(8)11(23)19-12-21-20-9-3-1-2-4-22(9)12/h5-6H,1-4H2,(H,19,21,23). The molecule has 0 saturated carbocycles. The third-order valence-electron chi connectivity index (χ3n) is 3.47.